The monoisotopic (exact) mass is 430 g/mol. The van der Waals surface area contributed by atoms with Crippen molar-refractivity contribution >= 4 is 40.0 Å². The molecule has 1 heterocycles. The zero-order chi connectivity index (χ0) is 9.14. The van der Waals surface area contributed by atoms with E-state index in [4.69, 9.17) is 0 Å². The van der Waals surface area contributed by atoms with Gasteiger partial charge in [-0.15, -0.1) is 0 Å². The second-order valence-corrected chi connectivity index (χ2v) is 15.6. The molecule has 4 heteroatoms. The van der Waals surface area contributed by atoms with Crippen LogP contribution < -0.4 is 0 Å². The Kier molecular flexibility index (Phi) is 5.82. The average Bonchev–Trinajstić information content (AvgIpc) is 2.69. The number of hydrogen-bond donors (Lipinski definition) is 0. The maximum atomic E-state index is 2.49. The Morgan fingerprint density at radius 1 is 1.25 bits per heavy atom. The topological polar surface area (TPSA) is 3.24 Å². The van der Waals surface area contributed by atoms with Gasteiger partial charge in [-0.1, -0.05) is 0 Å². The summed E-state index contributed by atoms with van der Waals surface area (Å²) in [6.45, 7) is 3.71. The van der Waals surface area contributed by atoms with Gasteiger partial charge < -0.3 is 4.90 Å². The molecule has 2 fully saturated rings. The molecule has 3 atom stereocenters. The molecule has 1 saturated carbocycles. The minimum atomic E-state index is 0.628. The van der Waals surface area contributed by atoms with Gasteiger partial charge in [0.15, 0.2) is 0 Å². The van der Waals surface area contributed by atoms with E-state index in [2.05, 4.69) is 58.8 Å². The van der Waals surface area contributed by atoms with Gasteiger partial charge in [-0.25, -0.2) is 0 Å². The van der Waals surface area contributed by atoms with E-state index in [1.54, 1.807) is 0 Å². The summed E-state index contributed by atoms with van der Waals surface area (Å²) in [5, 5.41) is 0. The van der Waals surface area contributed by atoms with Crippen LogP contribution in [-0.2, 0) is 9.47 Å². The Morgan fingerprint density at radius 3 is 2.33 bits per heavy atom. The molecule has 0 amide bonds. The first-order chi connectivity index (χ1) is 5.69. The molecule has 2 rings (SSSR count). The van der Waals surface area contributed by atoms with Crippen LogP contribution in [0.1, 0.15) is 19.8 Å². The molecule has 2 aliphatic rings. The average molecular weight is 430 g/mol. The Labute approximate surface area is 104 Å². The summed E-state index contributed by atoms with van der Waals surface area (Å²) in [4.78, 5) is 2.49. The number of piperidine rings is 1. The Hall–Kier alpha value is 2.00. The first-order valence-corrected chi connectivity index (χ1v) is 13.3. The quantitative estimate of drug-likeness (QED) is 0.535. The van der Waals surface area contributed by atoms with E-state index in [1.807, 2.05) is 0 Å². The summed E-state index contributed by atoms with van der Waals surface area (Å²) in [5.41, 5.74) is 0. The third-order valence-electron chi connectivity index (χ3n) is 2.99. The summed E-state index contributed by atoms with van der Waals surface area (Å²) in [5.74, 6) is 2.21. The van der Waals surface area contributed by atoms with Crippen molar-refractivity contribution in [1.82, 2.24) is 4.90 Å². The predicted octanol–water partition coefficient (Wildman–Crippen LogP) is 3.12. The molecule has 1 aliphatic carbocycles. The zero-order valence-corrected chi connectivity index (χ0v) is 13.2. The Balaban J connectivity index is 0.000000213. The molecule has 0 spiro atoms. The molecular weight excluding hydrogens is 415 g/mol. The molecule has 1 nitrogen and oxygen atoms in total. The molecule has 3 unspecified atom stereocenters. The molecule has 0 N–H and O–H groups in total. The van der Waals surface area contributed by atoms with Crippen molar-refractivity contribution in [3.8, 4) is 0 Å². The van der Waals surface area contributed by atoms with Gasteiger partial charge >= 0.3 is 49.4 Å². The fourth-order valence-electron chi connectivity index (χ4n) is 1.99. The van der Waals surface area contributed by atoms with Gasteiger partial charge in [0, 0.05) is 12.6 Å². The van der Waals surface area contributed by atoms with Crippen LogP contribution in [0.25, 0.3) is 0 Å². The molecule has 1 saturated heterocycles. The fourth-order valence-corrected chi connectivity index (χ4v) is 1.99. The Morgan fingerprint density at radius 2 is 1.83 bits per heavy atom. The van der Waals surface area contributed by atoms with Crippen molar-refractivity contribution in [1.29, 1.82) is 0 Å². The molecule has 0 bridgehead atoms. The normalized spacial score (nSPS) is 39.2. The minimum absolute atomic E-state index is 0.628. The summed E-state index contributed by atoms with van der Waals surface area (Å²) in [7, 11) is 2.88. The van der Waals surface area contributed by atoms with Gasteiger partial charge in [0.1, 0.15) is 0 Å². The second kappa shape index (κ2) is 5.78. The van der Waals surface area contributed by atoms with Crippen LogP contribution in [0.2, 0.25) is 0 Å². The van der Waals surface area contributed by atoms with E-state index in [1.165, 1.54) is 19.4 Å². The van der Waals surface area contributed by atoms with E-state index < -0.39 is 0 Å². The first kappa shape index (κ1) is 12.1. The number of nitrogens with zero attached hydrogens (tertiary/aromatic N) is 1. The van der Waals surface area contributed by atoms with Crippen molar-refractivity contribution < 1.29 is 9.47 Å². The standard InChI is InChI=1S/C8H15N.2HI.V/c1-6-3-7-4-8(7)5-9(6)2;;;/h6-8H,3-5H2,1-2H3;2*1H;/q;;;+2/p-2. The van der Waals surface area contributed by atoms with Crippen LogP contribution in [0.4, 0.5) is 0 Å². The third kappa shape index (κ3) is 3.63. The van der Waals surface area contributed by atoms with E-state index >= 15 is 0 Å². The van der Waals surface area contributed by atoms with Crippen LogP contribution in [-0.4, -0.2) is 24.5 Å². The zero-order valence-electron chi connectivity index (χ0n) is 7.50. The van der Waals surface area contributed by atoms with E-state index in [0.717, 1.165) is 17.9 Å². The maximum absolute atomic E-state index is 2.49. The van der Waals surface area contributed by atoms with Crippen LogP contribution in [0.15, 0.2) is 0 Å². The number of hydrogen-bond acceptors (Lipinski definition) is 1. The summed E-state index contributed by atoms with van der Waals surface area (Å²) in [6, 6.07) is 0.855. The number of rotatable bonds is 0. The molecule has 0 aromatic carbocycles. The van der Waals surface area contributed by atoms with Crippen LogP contribution in [0.5, 0.6) is 0 Å². The summed E-state index contributed by atoms with van der Waals surface area (Å²) in [6.07, 6.45) is 2.98. The van der Waals surface area contributed by atoms with Gasteiger partial charge in [-0.05, 0) is 38.6 Å². The van der Waals surface area contributed by atoms with Gasteiger partial charge in [0.2, 0.25) is 0 Å². The molecule has 0 aromatic rings. The van der Waals surface area contributed by atoms with Gasteiger partial charge in [0.05, 0.1) is 0 Å². The predicted molar refractivity (Wildman–Crippen MR) is 66.3 cm³/mol. The number of likely N-dealkylation sites (tertiary alicyclic amines) is 1. The molecular formula is C8H15I2NV. The van der Waals surface area contributed by atoms with Gasteiger partial charge in [-0.3, -0.25) is 0 Å². The van der Waals surface area contributed by atoms with Crippen molar-refractivity contribution in [2.45, 2.75) is 25.8 Å². The van der Waals surface area contributed by atoms with Crippen molar-refractivity contribution in [3.05, 3.63) is 0 Å². The van der Waals surface area contributed by atoms with E-state index in [-0.39, 0.29) is 0 Å². The summed E-state index contributed by atoms with van der Waals surface area (Å²) >= 11 is 4.74. The van der Waals surface area contributed by atoms with Gasteiger partial charge in [-0.2, -0.15) is 0 Å². The molecule has 0 aromatic heterocycles. The number of halogens is 2. The van der Waals surface area contributed by atoms with Crippen molar-refractivity contribution in [2.75, 3.05) is 13.6 Å². The molecule has 1 aliphatic heterocycles. The van der Waals surface area contributed by atoms with Crippen LogP contribution in [0.3, 0.4) is 0 Å². The van der Waals surface area contributed by atoms with Crippen LogP contribution in [0, 0.1) is 11.8 Å². The fraction of sp³-hybridized carbons (Fsp3) is 1.00. The SMILES string of the molecule is CC1CC2CC2CN1C.[I][V][I]. The Bertz CT molecular complexity index is 131. The van der Waals surface area contributed by atoms with Gasteiger partial charge in [0.25, 0.3) is 0 Å². The third-order valence-corrected chi connectivity index (χ3v) is 2.99. The van der Waals surface area contributed by atoms with E-state index in [0.29, 0.717) is 9.47 Å². The second-order valence-electron chi connectivity index (χ2n) is 3.84. The number of fused-ring (bicyclic) bond motifs is 1. The van der Waals surface area contributed by atoms with Crippen molar-refractivity contribution in [3.63, 3.8) is 0 Å². The molecule has 71 valence electrons. The first-order valence-electron chi connectivity index (χ1n) is 4.31. The molecule has 12 heavy (non-hydrogen) atoms. The van der Waals surface area contributed by atoms with Crippen molar-refractivity contribution in [2.24, 2.45) is 11.8 Å². The van der Waals surface area contributed by atoms with Crippen LogP contribution >= 0.6 is 40.0 Å². The van der Waals surface area contributed by atoms with E-state index in [9.17, 15) is 0 Å². The summed E-state index contributed by atoms with van der Waals surface area (Å²) < 4.78 is 0. The molecule has 0 radical (unpaired) electrons.